The molecule has 1 N–H and O–H groups in total. The van der Waals surface area contributed by atoms with Gasteiger partial charge in [0.1, 0.15) is 5.75 Å². The first-order valence-electron chi connectivity index (χ1n) is 6.12. The van der Waals surface area contributed by atoms with Gasteiger partial charge in [0.05, 0.1) is 13.2 Å². The lowest BCUT2D eigenvalue weighted by atomic mass is 10.00. The fourth-order valence-corrected chi connectivity index (χ4v) is 1.98. The second-order valence-corrected chi connectivity index (χ2v) is 4.05. The summed E-state index contributed by atoms with van der Waals surface area (Å²) >= 11 is 0. The quantitative estimate of drug-likeness (QED) is 0.875. The van der Waals surface area contributed by atoms with E-state index in [1.165, 1.54) is 11.1 Å². The van der Waals surface area contributed by atoms with Crippen molar-refractivity contribution in [2.24, 2.45) is 0 Å². The maximum atomic E-state index is 5.18. The van der Waals surface area contributed by atoms with E-state index in [9.17, 15) is 0 Å². The van der Waals surface area contributed by atoms with Crippen LogP contribution in [-0.4, -0.2) is 18.6 Å². The van der Waals surface area contributed by atoms with Crippen LogP contribution in [0.25, 0.3) is 0 Å². The summed E-state index contributed by atoms with van der Waals surface area (Å²) in [6, 6.07) is 12.4. The minimum absolute atomic E-state index is 0.176. The van der Waals surface area contributed by atoms with E-state index in [0.29, 0.717) is 0 Å². The summed E-state index contributed by atoms with van der Waals surface area (Å²) in [4.78, 5) is 4.18. The van der Waals surface area contributed by atoms with Crippen LogP contribution in [-0.2, 0) is 0 Å². The van der Waals surface area contributed by atoms with Crippen molar-refractivity contribution in [3.05, 3.63) is 59.9 Å². The molecule has 1 atom stereocenters. The minimum atomic E-state index is 0.176. The smallest absolute Gasteiger partial charge is 0.118 e. The maximum absolute atomic E-state index is 5.18. The lowest BCUT2D eigenvalue weighted by Crippen LogP contribution is -2.22. The van der Waals surface area contributed by atoms with Crippen molar-refractivity contribution in [1.82, 2.24) is 10.3 Å². The molecule has 0 fully saturated rings. The Balaban J connectivity index is 2.29. The molecule has 0 saturated carbocycles. The average Bonchev–Trinajstić information content (AvgIpc) is 2.46. The van der Waals surface area contributed by atoms with E-state index in [0.717, 1.165) is 12.3 Å². The van der Waals surface area contributed by atoms with E-state index in [2.05, 4.69) is 35.4 Å². The van der Waals surface area contributed by atoms with Crippen molar-refractivity contribution in [1.29, 1.82) is 0 Å². The zero-order valence-electron chi connectivity index (χ0n) is 10.8. The lowest BCUT2D eigenvalue weighted by Gasteiger charge is -2.18. The van der Waals surface area contributed by atoms with Crippen LogP contribution in [0.15, 0.2) is 48.8 Å². The number of benzene rings is 1. The summed E-state index contributed by atoms with van der Waals surface area (Å²) in [5.74, 6) is 0.875. The van der Waals surface area contributed by atoms with Crippen LogP contribution >= 0.6 is 0 Å². The first-order valence-corrected chi connectivity index (χ1v) is 6.12. The van der Waals surface area contributed by atoms with Crippen LogP contribution in [0.2, 0.25) is 0 Å². The molecule has 3 heteroatoms. The molecule has 94 valence electrons. The van der Waals surface area contributed by atoms with E-state index in [4.69, 9.17) is 4.74 Å². The van der Waals surface area contributed by atoms with Gasteiger partial charge in [-0.05, 0) is 35.9 Å². The van der Waals surface area contributed by atoms with Gasteiger partial charge in [-0.15, -0.1) is 0 Å². The van der Waals surface area contributed by atoms with Crippen molar-refractivity contribution >= 4 is 0 Å². The van der Waals surface area contributed by atoms with Gasteiger partial charge in [0.25, 0.3) is 0 Å². The lowest BCUT2D eigenvalue weighted by molar-refractivity contribution is 0.414. The summed E-state index contributed by atoms with van der Waals surface area (Å²) in [6.45, 7) is 3.01. The SMILES string of the molecule is CCN[C@H](c1ccc(OC)cc1)c1cccnc1. The summed E-state index contributed by atoms with van der Waals surface area (Å²) in [6.07, 6.45) is 3.69. The van der Waals surface area contributed by atoms with Crippen molar-refractivity contribution in [2.75, 3.05) is 13.7 Å². The highest BCUT2D eigenvalue weighted by Crippen LogP contribution is 2.23. The molecule has 3 nitrogen and oxygen atoms in total. The van der Waals surface area contributed by atoms with Crippen molar-refractivity contribution in [3.63, 3.8) is 0 Å². The van der Waals surface area contributed by atoms with Gasteiger partial charge in [0.15, 0.2) is 0 Å². The largest absolute Gasteiger partial charge is 0.497 e. The normalized spacial score (nSPS) is 12.1. The number of nitrogens with zero attached hydrogens (tertiary/aromatic N) is 1. The highest BCUT2D eigenvalue weighted by molar-refractivity contribution is 5.34. The van der Waals surface area contributed by atoms with Crippen LogP contribution in [0.1, 0.15) is 24.1 Å². The second kappa shape index (κ2) is 6.17. The third-order valence-corrected chi connectivity index (χ3v) is 2.88. The Labute approximate surface area is 108 Å². The van der Waals surface area contributed by atoms with Crippen LogP contribution in [0, 0.1) is 0 Å². The Morgan fingerprint density at radius 3 is 2.50 bits per heavy atom. The summed E-state index contributed by atoms with van der Waals surface area (Å²) in [5, 5.41) is 3.47. The van der Waals surface area contributed by atoms with Crippen LogP contribution in [0.5, 0.6) is 5.75 Å². The number of rotatable bonds is 5. The molecule has 0 aliphatic heterocycles. The van der Waals surface area contributed by atoms with E-state index in [1.807, 2.05) is 24.4 Å². The molecule has 1 aromatic heterocycles. The van der Waals surface area contributed by atoms with E-state index in [-0.39, 0.29) is 6.04 Å². The van der Waals surface area contributed by atoms with Crippen molar-refractivity contribution in [3.8, 4) is 5.75 Å². The van der Waals surface area contributed by atoms with Crippen molar-refractivity contribution < 1.29 is 4.74 Å². The number of methoxy groups -OCH3 is 1. The van der Waals surface area contributed by atoms with Gasteiger partial charge < -0.3 is 10.1 Å². The Bertz CT molecular complexity index is 468. The number of pyridine rings is 1. The van der Waals surface area contributed by atoms with Gasteiger partial charge in [-0.25, -0.2) is 0 Å². The van der Waals surface area contributed by atoms with Gasteiger partial charge in [-0.2, -0.15) is 0 Å². The van der Waals surface area contributed by atoms with E-state index in [1.54, 1.807) is 13.3 Å². The molecular formula is C15H18N2O. The highest BCUT2D eigenvalue weighted by atomic mass is 16.5. The Hall–Kier alpha value is -1.87. The zero-order valence-corrected chi connectivity index (χ0v) is 10.8. The molecule has 0 unspecified atom stereocenters. The number of aromatic nitrogens is 1. The van der Waals surface area contributed by atoms with Gasteiger partial charge in [0.2, 0.25) is 0 Å². The van der Waals surface area contributed by atoms with Gasteiger partial charge >= 0.3 is 0 Å². The molecule has 0 aliphatic carbocycles. The van der Waals surface area contributed by atoms with Gasteiger partial charge in [-0.1, -0.05) is 25.1 Å². The van der Waals surface area contributed by atoms with E-state index < -0.39 is 0 Å². The Kier molecular flexibility index (Phi) is 4.31. The molecule has 0 radical (unpaired) electrons. The monoisotopic (exact) mass is 242 g/mol. The highest BCUT2D eigenvalue weighted by Gasteiger charge is 2.12. The van der Waals surface area contributed by atoms with Crippen LogP contribution < -0.4 is 10.1 Å². The third-order valence-electron chi connectivity index (χ3n) is 2.88. The molecule has 0 amide bonds. The Morgan fingerprint density at radius 1 is 1.17 bits per heavy atom. The summed E-state index contributed by atoms with van der Waals surface area (Å²) in [5.41, 5.74) is 2.38. The summed E-state index contributed by atoms with van der Waals surface area (Å²) < 4.78 is 5.18. The molecule has 2 rings (SSSR count). The fourth-order valence-electron chi connectivity index (χ4n) is 1.98. The number of ether oxygens (including phenoxy) is 1. The molecular weight excluding hydrogens is 224 g/mol. The second-order valence-electron chi connectivity index (χ2n) is 4.05. The van der Waals surface area contributed by atoms with Gasteiger partial charge in [0, 0.05) is 12.4 Å². The van der Waals surface area contributed by atoms with Crippen molar-refractivity contribution in [2.45, 2.75) is 13.0 Å². The maximum Gasteiger partial charge on any atom is 0.118 e. The molecule has 0 aliphatic rings. The first-order chi connectivity index (χ1) is 8.85. The summed E-state index contributed by atoms with van der Waals surface area (Å²) in [7, 11) is 1.68. The predicted octanol–water partition coefficient (Wildman–Crippen LogP) is 2.79. The molecule has 1 aromatic carbocycles. The van der Waals surface area contributed by atoms with Crippen LogP contribution in [0.4, 0.5) is 0 Å². The molecule has 2 aromatic rings. The molecule has 18 heavy (non-hydrogen) atoms. The van der Waals surface area contributed by atoms with Gasteiger partial charge in [-0.3, -0.25) is 4.98 Å². The molecule has 0 bridgehead atoms. The van der Waals surface area contributed by atoms with Crippen LogP contribution in [0.3, 0.4) is 0 Å². The average molecular weight is 242 g/mol. The number of hydrogen-bond donors (Lipinski definition) is 1. The first kappa shape index (κ1) is 12.6. The molecule has 0 spiro atoms. The number of nitrogens with one attached hydrogen (secondary N) is 1. The third kappa shape index (κ3) is 2.87. The Morgan fingerprint density at radius 2 is 1.94 bits per heavy atom. The standard InChI is InChI=1S/C15H18N2O/c1-3-17-15(13-5-4-10-16-11-13)12-6-8-14(18-2)9-7-12/h4-11,15,17H,3H2,1-2H3/t15-/m1/s1. The number of hydrogen-bond acceptors (Lipinski definition) is 3. The predicted molar refractivity (Wildman–Crippen MR) is 72.8 cm³/mol. The molecule has 1 heterocycles. The minimum Gasteiger partial charge on any atom is -0.497 e. The molecule has 0 saturated heterocycles. The fraction of sp³-hybridized carbons (Fsp3) is 0.267. The topological polar surface area (TPSA) is 34.1 Å². The zero-order chi connectivity index (χ0) is 12.8. The van der Waals surface area contributed by atoms with E-state index >= 15 is 0 Å².